The van der Waals surface area contributed by atoms with Crippen molar-refractivity contribution < 1.29 is 22.7 Å². The smallest absolute Gasteiger partial charge is 0.246 e. The molecular weight excluding hydrogens is 390 g/mol. The lowest BCUT2D eigenvalue weighted by atomic mass is 9.99. The van der Waals surface area contributed by atoms with Crippen LogP contribution in [0.15, 0.2) is 34.7 Å². The molecule has 0 bridgehead atoms. The van der Waals surface area contributed by atoms with Crippen molar-refractivity contribution >= 4 is 32.4 Å². The summed E-state index contributed by atoms with van der Waals surface area (Å²) in [6.45, 7) is 0.462. The molecule has 10 heteroatoms. The van der Waals surface area contributed by atoms with Crippen molar-refractivity contribution in [3.8, 4) is 11.5 Å². The van der Waals surface area contributed by atoms with Crippen LogP contribution in [0.3, 0.4) is 0 Å². The first-order chi connectivity index (χ1) is 13.0. The van der Waals surface area contributed by atoms with E-state index >= 15 is 0 Å². The normalized spacial score (nSPS) is 18.1. The summed E-state index contributed by atoms with van der Waals surface area (Å²) in [6, 6.07) is 4.63. The third-order valence-corrected chi connectivity index (χ3v) is 6.98. The van der Waals surface area contributed by atoms with Crippen LogP contribution in [0.2, 0.25) is 0 Å². The maximum absolute atomic E-state index is 13.2. The third-order valence-electron chi connectivity index (χ3n) is 4.41. The maximum Gasteiger partial charge on any atom is 0.246 e. The molecule has 1 aromatic carbocycles. The number of rotatable bonds is 6. The zero-order chi connectivity index (χ0) is 19.4. The molecular formula is C17H21N3O5S2. The van der Waals surface area contributed by atoms with Gasteiger partial charge in [-0.3, -0.25) is 4.79 Å². The number of nitrogens with zero attached hydrogens (tertiary/aromatic N) is 2. The summed E-state index contributed by atoms with van der Waals surface area (Å²) in [4.78, 5) is 16.6. The molecule has 2 heterocycles. The molecule has 0 radical (unpaired) electrons. The molecule has 1 atom stereocenters. The Balaban J connectivity index is 1.81. The van der Waals surface area contributed by atoms with Gasteiger partial charge in [0, 0.05) is 30.7 Å². The van der Waals surface area contributed by atoms with E-state index in [1.165, 1.54) is 35.9 Å². The molecule has 1 aliphatic rings. The Morgan fingerprint density at radius 2 is 2.15 bits per heavy atom. The van der Waals surface area contributed by atoms with Crippen LogP contribution >= 0.6 is 11.3 Å². The number of anilines is 1. The second-order valence-corrected chi connectivity index (χ2v) is 8.85. The average molecular weight is 412 g/mol. The monoisotopic (exact) mass is 411 g/mol. The first-order valence-electron chi connectivity index (χ1n) is 8.38. The number of carbonyl (C=O) groups is 1. The standard InChI is InChI=1S/C17H21N3O5S2/c1-24-13-5-6-14(25-2)15(10-13)27(22,23)20-8-3-4-12(11-20)16(21)19-17-18-7-9-26-17/h5-7,9-10,12H,3-4,8,11H2,1-2H3,(H,18,19,21). The number of thiazole rings is 1. The number of methoxy groups -OCH3 is 2. The Labute approximate surface area is 162 Å². The minimum atomic E-state index is -3.83. The summed E-state index contributed by atoms with van der Waals surface area (Å²) < 4.78 is 38.0. The summed E-state index contributed by atoms with van der Waals surface area (Å²) in [5.41, 5.74) is 0. The number of hydrogen-bond acceptors (Lipinski definition) is 7. The van der Waals surface area contributed by atoms with Crippen LogP contribution in [0.5, 0.6) is 11.5 Å². The lowest BCUT2D eigenvalue weighted by Gasteiger charge is -2.31. The van der Waals surface area contributed by atoms with Crippen LogP contribution < -0.4 is 14.8 Å². The van der Waals surface area contributed by atoms with Gasteiger partial charge in [0.1, 0.15) is 16.4 Å². The summed E-state index contributed by atoms with van der Waals surface area (Å²) in [5.74, 6) is 0.00564. The summed E-state index contributed by atoms with van der Waals surface area (Å²) >= 11 is 1.32. The fraction of sp³-hybridized carbons (Fsp3) is 0.412. The van der Waals surface area contributed by atoms with Crippen molar-refractivity contribution in [1.29, 1.82) is 0 Å². The van der Waals surface area contributed by atoms with Gasteiger partial charge in [-0.05, 0) is 25.0 Å². The van der Waals surface area contributed by atoms with Gasteiger partial charge >= 0.3 is 0 Å². The molecule has 0 aliphatic carbocycles. The molecule has 1 aromatic heterocycles. The topological polar surface area (TPSA) is 97.8 Å². The van der Waals surface area contributed by atoms with Gasteiger partial charge in [0.15, 0.2) is 5.13 Å². The van der Waals surface area contributed by atoms with Crippen molar-refractivity contribution in [3.05, 3.63) is 29.8 Å². The third kappa shape index (κ3) is 4.23. The van der Waals surface area contributed by atoms with Crippen LogP contribution in [0.4, 0.5) is 5.13 Å². The molecule has 1 amide bonds. The van der Waals surface area contributed by atoms with E-state index in [-0.39, 0.29) is 23.1 Å². The fourth-order valence-electron chi connectivity index (χ4n) is 2.99. The van der Waals surface area contributed by atoms with E-state index in [0.29, 0.717) is 30.3 Å². The molecule has 1 saturated heterocycles. The van der Waals surface area contributed by atoms with Crippen molar-refractivity contribution in [1.82, 2.24) is 9.29 Å². The number of amides is 1. The predicted octanol–water partition coefficient (Wildman–Crippen LogP) is 2.20. The van der Waals surface area contributed by atoms with Gasteiger partial charge in [0.05, 0.1) is 20.1 Å². The highest BCUT2D eigenvalue weighted by Gasteiger charge is 2.35. The van der Waals surface area contributed by atoms with Crippen molar-refractivity contribution in [2.75, 3.05) is 32.6 Å². The van der Waals surface area contributed by atoms with E-state index < -0.39 is 15.9 Å². The second-order valence-electron chi connectivity index (χ2n) is 6.05. The number of sulfonamides is 1. The van der Waals surface area contributed by atoms with Gasteiger partial charge in [-0.2, -0.15) is 4.31 Å². The minimum absolute atomic E-state index is 0.0327. The van der Waals surface area contributed by atoms with Crippen LogP contribution in [0.25, 0.3) is 0 Å². The molecule has 3 rings (SSSR count). The van der Waals surface area contributed by atoms with E-state index in [9.17, 15) is 13.2 Å². The number of piperidine rings is 1. The largest absolute Gasteiger partial charge is 0.497 e. The van der Waals surface area contributed by atoms with Crippen LogP contribution in [-0.4, -0.2) is 50.9 Å². The second kappa shape index (κ2) is 8.24. The molecule has 1 N–H and O–H groups in total. The Hall–Kier alpha value is -2.17. The van der Waals surface area contributed by atoms with E-state index in [4.69, 9.17) is 9.47 Å². The summed E-state index contributed by atoms with van der Waals surface area (Å²) in [5, 5.41) is 5.02. The molecule has 0 saturated carbocycles. The number of aromatic nitrogens is 1. The lowest BCUT2D eigenvalue weighted by Crippen LogP contribution is -2.43. The summed E-state index contributed by atoms with van der Waals surface area (Å²) in [7, 11) is -0.942. The van der Waals surface area contributed by atoms with Crippen molar-refractivity contribution in [2.45, 2.75) is 17.7 Å². The Kier molecular flexibility index (Phi) is 5.98. The van der Waals surface area contributed by atoms with Gasteiger partial charge in [0.2, 0.25) is 15.9 Å². The molecule has 146 valence electrons. The minimum Gasteiger partial charge on any atom is -0.497 e. The van der Waals surface area contributed by atoms with Gasteiger partial charge in [0.25, 0.3) is 0 Å². The Bertz CT molecular complexity index is 899. The van der Waals surface area contributed by atoms with Crippen LogP contribution in [-0.2, 0) is 14.8 Å². The van der Waals surface area contributed by atoms with E-state index in [2.05, 4.69) is 10.3 Å². The van der Waals surface area contributed by atoms with E-state index in [0.717, 1.165) is 0 Å². The zero-order valence-corrected chi connectivity index (χ0v) is 16.7. The SMILES string of the molecule is COc1ccc(OC)c(S(=O)(=O)N2CCCC(C(=O)Nc3nccs3)C2)c1. The first-order valence-corrected chi connectivity index (χ1v) is 10.7. The molecule has 27 heavy (non-hydrogen) atoms. The quantitative estimate of drug-likeness (QED) is 0.783. The Morgan fingerprint density at radius 3 is 2.81 bits per heavy atom. The molecule has 8 nitrogen and oxygen atoms in total. The number of ether oxygens (including phenoxy) is 2. The van der Waals surface area contributed by atoms with Crippen LogP contribution in [0.1, 0.15) is 12.8 Å². The van der Waals surface area contributed by atoms with Gasteiger partial charge < -0.3 is 14.8 Å². The first kappa shape index (κ1) is 19.6. The fourth-order valence-corrected chi connectivity index (χ4v) is 5.22. The van der Waals surface area contributed by atoms with Gasteiger partial charge in [-0.25, -0.2) is 13.4 Å². The molecule has 1 aliphatic heterocycles. The molecule has 1 fully saturated rings. The number of benzene rings is 1. The molecule has 0 spiro atoms. The average Bonchev–Trinajstić information content (AvgIpc) is 3.20. The molecule has 1 unspecified atom stereocenters. The van der Waals surface area contributed by atoms with Crippen molar-refractivity contribution in [2.24, 2.45) is 5.92 Å². The zero-order valence-electron chi connectivity index (χ0n) is 15.0. The van der Waals surface area contributed by atoms with E-state index in [1.54, 1.807) is 23.7 Å². The number of nitrogens with one attached hydrogen (secondary N) is 1. The highest BCUT2D eigenvalue weighted by Crippen LogP contribution is 2.32. The van der Waals surface area contributed by atoms with Gasteiger partial charge in [-0.15, -0.1) is 11.3 Å². The lowest BCUT2D eigenvalue weighted by molar-refractivity contribution is -0.120. The maximum atomic E-state index is 13.2. The Morgan fingerprint density at radius 1 is 1.33 bits per heavy atom. The number of carbonyl (C=O) groups excluding carboxylic acids is 1. The highest BCUT2D eigenvalue weighted by molar-refractivity contribution is 7.89. The van der Waals surface area contributed by atoms with E-state index in [1.807, 2.05) is 0 Å². The van der Waals surface area contributed by atoms with Crippen LogP contribution in [0, 0.1) is 5.92 Å². The van der Waals surface area contributed by atoms with Gasteiger partial charge in [-0.1, -0.05) is 0 Å². The summed E-state index contributed by atoms with van der Waals surface area (Å²) in [6.07, 6.45) is 2.83. The predicted molar refractivity (Wildman–Crippen MR) is 102 cm³/mol. The molecule has 2 aromatic rings. The highest BCUT2D eigenvalue weighted by atomic mass is 32.2. The number of hydrogen-bond donors (Lipinski definition) is 1. The van der Waals surface area contributed by atoms with Crippen molar-refractivity contribution in [3.63, 3.8) is 0 Å².